The molecule has 20 heavy (non-hydrogen) atoms. The van der Waals surface area contributed by atoms with Crippen molar-refractivity contribution in [2.24, 2.45) is 18.9 Å². The van der Waals surface area contributed by atoms with E-state index in [2.05, 4.69) is 13.8 Å². The van der Waals surface area contributed by atoms with Gasteiger partial charge in [-0.15, -0.1) is 0 Å². The first-order chi connectivity index (χ1) is 9.20. The molecule has 0 spiro atoms. The van der Waals surface area contributed by atoms with E-state index < -0.39 is 9.05 Å². The van der Waals surface area contributed by atoms with Crippen molar-refractivity contribution >= 4 is 25.6 Å². The zero-order valence-electron chi connectivity index (χ0n) is 11.8. The van der Waals surface area contributed by atoms with E-state index in [0.717, 1.165) is 19.5 Å². The summed E-state index contributed by atoms with van der Waals surface area (Å²) in [7, 11) is 3.15. The highest BCUT2D eigenvalue weighted by Crippen LogP contribution is 2.26. The Morgan fingerprint density at radius 2 is 2.10 bits per heavy atom. The SMILES string of the molecule is CC(C)C1CCN(C(=O)c2cc(S(=O)(=O)Cl)cn2C)C1. The highest BCUT2D eigenvalue weighted by atomic mass is 35.7. The van der Waals surface area contributed by atoms with Gasteiger partial charge < -0.3 is 9.47 Å². The van der Waals surface area contributed by atoms with Gasteiger partial charge in [0, 0.05) is 37.0 Å². The maximum absolute atomic E-state index is 12.4. The van der Waals surface area contributed by atoms with Crippen molar-refractivity contribution < 1.29 is 13.2 Å². The van der Waals surface area contributed by atoms with Crippen LogP contribution in [0.2, 0.25) is 0 Å². The molecule has 0 radical (unpaired) electrons. The fourth-order valence-electron chi connectivity index (χ4n) is 2.56. The minimum absolute atomic E-state index is 0.0374. The molecule has 1 amide bonds. The molecule has 2 heterocycles. The van der Waals surface area contributed by atoms with Gasteiger partial charge in [-0.05, 0) is 24.3 Å². The molecule has 5 nitrogen and oxygen atoms in total. The van der Waals surface area contributed by atoms with E-state index in [1.807, 2.05) is 0 Å². The van der Waals surface area contributed by atoms with E-state index in [1.165, 1.54) is 16.8 Å². The summed E-state index contributed by atoms with van der Waals surface area (Å²) in [5.41, 5.74) is 0.355. The van der Waals surface area contributed by atoms with Crippen LogP contribution in [0, 0.1) is 11.8 Å². The van der Waals surface area contributed by atoms with E-state index in [4.69, 9.17) is 10.7 Å². The predicted molar refractivity (Wildman–Crippen MR) is 77.3 cm³/mol. The van der Waals surface area contributed by atoms with Crippen LogP contribution >= 0.6 is 10.7 Å². The van der Waals surface area contributed by atoms with Crippen LogP contribution in [0.3, 0.4) is 0 Å². The average molecular weight is 319 g/mol. The molecule has 2 rings (SSSR count). The Hall–Kier alpha value is -1.01. The second-order valence-electron chi connectivity index (χ2n) is 5.65. The Kier molecular flexibility index (Phi) is 4.16. The van der Waals surface area contributed by atoms with Crippen LogP contribution in [0.5, 0.6) is 0 Å². The van der Waals surface area contributed by atoms with E-state index in [9.17, 15) is 13.2 Å². The van der Waals surface area contributed by atoms with E-state index in [1.54, 1.807) is 11.9 Å². The van der Waals surface area contributed by atoms with Gasteiger partial charge in [0.25, 0.3) is 15.0 Å². The third-order valence-electron chi connectivity index (χ3n) is 3.94. The molecule has 7 heteroatoms. The van der Waals surface area contributed by atoms with Gasteiger partial charge in [0.15, 0.2) is 0 Å². The Morgan fingerprint density at radius 1 is 1.45 bits per heavy atom. The highest BCUT2D eigenvalue weighted by molar-refractivity contribution is 8.13. The molecule has 1 aliphatic rings. The Bertz CT molecular complexity index is 622. The quantitative estimate of drug-likeness (QED) is 0.802. The number of halogens is 1. The van der Waals surface area contributed by atoms with Gasteiger partial charge in [-0.1, -0.05) is 13.8 Å². The number of carbonyl (C=O) groups is 1. The lowest BCUT2D eigenvalue weighted by atomic mass is 9.95. The molecule has 0 aromatic carbocycles. The number of aryl methyl sites for hydroxylation is 1. The number of hydrogen-bond acceptors (Lipinski definition) is 3. The molecule has 1 aliphatic heterocycles. The number of carbonyl (C=O) groups excluding carboxylic acids is 1. The van der Waals surface area contributed by atoms with E-state index in [-0.39, 0.29) is 10.8 Å². The van der Waals surface area contributed by atoms with Crippen molar-refractivity contribution in [2.75, 3.05) is 13.1 Å². The van der Waals surface area contributed by atoms with Crippen LogP contribution in [0.15, 0.2) is 17.2 Å². The van der Waals surface area contributed by atoms with Crippen molar-refractivity contribution in [2.45, 2.75) is 25.2 Å². The summed E-state index contributed by atoms with van der Waals surface area (Å²) in [6, 6.07) is 1.34. The fourth-order valence-corrected chi connectivity index (χ4v) is 3.35. The number of rotatable bonds is 3. The van der Waals surface area contributed by atoms with Gasteiger partial charge in [0.05, 0.1) is 0 Å². The summed E-state index contributed by atoms with van der Waals surface area (Å²) >= 11 is 0. The van der Waals surface area contributed by atoms with Gasteiger partial charge in [-0.2, -0.15) is 0 Å². The van der Waals surface area contributed by atoms with Crippen LogP contribution in [0.25, 0.3) is 0 Å². The summed E-state index contributed by atoms with van der Waals surface area (Å²) in [5.74, 6) is 0.914. The molecular formula is C13H19ClN2O3S. The average Bonchev–Trinajstić information content (AvgIpc) is 2.93. The maximum Gasteiger partial charge on any atom is 0.270 e. The minimum Gasteiger partial charge on any atom is -0.345 e. The summed E-state index contributed by atoms with van der Waals surface area (Å²) < 4.78 is 24.1. The molecule has 1 fully saturated rings. The standard InChI is InChI=1S/C13H19ClN2O3S/c1-9(2)10-4-5-16(7-10)13(17)12-6-11(8-15(12)3)20(14,18)19/h6,8-10H,4-5,7H2,1-3H3. The van der Waals surface area contributed by atoms with Crippen molar-refractivity contribution in [3.8, 4) is 0 Å². The number of hydrogen-bond donors (Lipinski definition) is 0. The molecule has 0 bridgehead atoms. The van der Waals surface area contributed by atoms with Crippen LogP contribution < -0.4 is 0 Å². The lowest BCUT2D eigenvalue weighted by molar-refractivity contribution is 0.0774. The van der Waals surface area contributed by atoms with Gasteiger partial charge in [-0.3, -0.25) is 4.79 Å². The summed E-state index contributed by atoms with van der Waals surface area (Å²) in [4.78, 5) is 14.2. The fraction of sp³-hybridized carbons (Fsp3) is 0.615. The number of likely N-dealkylation sites (tertiary alicyclic amines) is 1. The molecule has 0 saturated carbocycles. The lowest BCUT2D eigenvalue weighted by Crippen LogP contribution is -2.30. The lowest BCUT2D eigenvalue weighted by Gasteiger charge is -2.18. The van der Waals surface area contributed by atoms with Gasteiger partial charge >= 0.3 is 0 Å². The van der Waals surface area contributed by atoms with Gasteiger partial charge in [-0.25, -0.2) is 8.42 Å². The van der Waals surface area contributed by atoms with E-state index >= 15 is 0 Å². The first-order valence-corrected chi connectivity index (χ1v) is 8.91. The normalized spacial score (nSPS) is 19.9. The molecule has 1 aromatic heterocycles. The van der Waals surface area contributed by atoms with Crippen molar-refractivity contribution in [3.05, 3.63) is 18.0 Å². The smallest absolute Gasteiger partial charge is 0.270 e. The third-order valence-corrected chi connectivity index (χ3v) is 5.26. The molecule has 1 atom stereocenters. The molecule has 1 aromatic rings. The van der Waals surface area contributed by atoms with E-state index in [0.29, 0.717) is 17.5 Å². The zero-order chi connectivity index (χ0) is 15.1. The molecule has 0 N–H and O–H groups in total. The molecule has 1 unspecified atom stereocenters. The van der Waals surface area contributed by atoms with Crippen LogP contribution in [0.1, 0.15) is 30.8 Å². The van der Waals surface area contributed by atoms with Gasteiger partial charge in [0.2, 0.25) is 0 Å². The van der Waals surface area contributed by atoms with Crippen molar-refractivity contribution in [1.29, 1.82) is 0 Å². The monoisotopic (exact) mass is 318 g/mol. The maximum atomic E-state index is 12.4. The van der Waals surface area contributed by atoms with Crippen molar-refractivity contribution in [3.63, 3.8) is 0 Å². The van der Waals surface area contributed by atoms with Crippen LogP contribution in [-0.4, -0.2) is 36.9 Å². The Balaban J connectivity index is 2.21. The van der Waals surface area contributed by atoms with Crippen LogP contribution in [-0.2, 0) is 16.1 Å². The number of nitrogens with zero attached hydrogens (tertiary/aromatic N) is 2. The summed E-state index contributed by atoms with van der Waals surface area (Å²) in [5, 5.41) is 0. The number of amides is 1. The molecule has 112 valence electrons. The molecule has 0 aliphatic carbocycles. The topological polar surface area (TPSA) is 59.4 Å². The molecule has 1 saturated heterocycles. The first-order valence-electron chi connectivity index (χ1n) is 6.60. The zero-order valence-corrected chi connectivity index (χ0v) is 13.4. The predicted octanol–water partition coefficient (Wildman–Crippen LogP) is 2.07. The highest BCUT2D eigenvalue weighted by Gasteiger charge is 2.30. The third kappa shape index (κ3) is 3.01. The molecular weight excluding hydrogens is 300 g/mol. The Labute approximate surface area is 123 Å². The second-order valence-corrected chi connectivity index (χ2v) is 8.22. The first kappa shape index (κ1) is 15.4. The minimum atomic E-state index is -3.81. The summed E-state index contributed by atoms with van der Waals surface area (Å²) in [6.07, 6.45) is 2.36. The number of aromatic nitrogens is 1. The van der Waals surface area contributed by atoms with Crippen LogP contribution in [0.4, 0.5) is 0 Å². The van der Waals surface area contributed by atoms with Gasteiger partial charge in [0.1, 0.15) is 10.6 Å². The second kappa shape index (κ2) is 5.41. The summed E-state index contributed by atoms with van der Waals surface area (Å²) in [6.45, 7) is 5.75. The largest absolute Gasteiger partial charge is 0.345 e. The Morgan fingerprint density at radius 3 is 2.55 bits per heavy atom. The van der Waals surface area contributed by atoms with Crippen molar-refractivity contribution in [1.82, 2.24) is 9.47 Å².